The highest BCUT2D eigenvalue weighted by atomic mass is 16.2. The summed E-state index contributed by atoms with van der Waals surface area (Å²) in [5.41, 5.74) is 7.06. The predicted molar refractivity (Wildman–Crippen MR) is 66.2 cm³/mol. The fraction of sp³-hybridized carbons (Fsp3) is 0.417. The van der Waals surface area contributed by atoms with Crippen LogP contribution >= 0.6 is 0 Å². The van der Waals surface area contributed by atoms with E-state index in [1.807, 2.05) is 45.0 Å². The number of hydrogen-bond donors (Lipinski definition) is 3. The van der Waals surface area contributed by atoms with Crippen LogP contribution in [0.3, 0.4) is 0 Å². The van der Waals surface area contributed by atoms with Crippen molar-refractivity contribution in [2.24, 2.45) is 5.73 Å². The maximum Gasteiger partial charge on any atom is 0.319 e. The van der Waals surface area contributed by atoms with Crippen LogP contribution in [0.15, 0.2) is 24.3 Å². The number of nitrogens with one attached hydrogen (secondary N) is 2. The summed E-state index contributed by atoms with van der Waals surface area (Å²) in [6.45, 7) is 6.31. The molecular formula is C12H19N3O. The zero-order valence-corrected chi connectivity index (χ0v) is 10.0. The van der Waals surface area contributed by atoms with Gasteiger partial charge in [-0.25, -0.2) is 4.79 Å². The van der Waals surface area contributed by atoms with E-state index in [0.717, 1.165) is 11.3 Å². The number of rotatable bonds is 2. The molecule has 4 N–H and O–H groups in total. The molecule has 0 bridgehead atoms. The number of carbonyl (C=O) groups is 1. The third-order valence-corrected chi connectivity index (χ3v) is 1.94. The molecule has 0 aliphatic heterocycles. The Hall–Kier alpha value is -1.55. The van der Waals surface area contributed by atoms with Gasteiger partial charge in [0.1, 0.15) is 0 Å². The first-order valence-corrected chi connectivity index (χ1v) is 5.29. The van der Waals surface area contributed by atoms with Gasteiger partial charge in [-0.2, -0.15) is 0 Å². The SMILES string of the molecule is CC(C)(C)NC(=O)Nc1ccc(CN)cc1. The average Bonchev–Trinajstić information content (AvgIpc) is 2.16. The Kier molecular flexibility index (Phi) is 3.90. The van der Waals surface area contributed by atoms with Gasteiger partial charge in [0.15, 0.2) is 0 Å². The fourth-order valence-corrected chi connectivity index (χ4v) is 1.23. The molecule has 2 amide bonds. The monoisotopic (exact) mass is 221 g/mol. The van der Waals surface area contributed by atoms with Crippen molar-refractivity contribution in [3.8, 4) is 0 Å². The minimum absolute atomic E-state index is 0.201. The van der Waals surface area contributed by atoms with Gasteiger partial charge in [-0.1, -0.05) is 12.1 Å². The van der Waals surface area contributed by atoms with Crippen LogP contribution in [0, 0.1) is 0 Å². The molecule has 4 heteroatoms. The van der Waals surface area contributed by atoms with Crippen molar-refractivity contribution in [1.82, 2.24) is 5.32 Å². The summed E-state index contributed by atoms with van der Waals surface area (Å²) in [6.07, 6.45) is 0. The maximum absolute atomic E-state index is 11.5. The summed E-state index contributed by atoms with van der Waals surface area (Å²) in [5.74, 6) is 0. The lowest BCUT2D eigenvalue weighted by Gasteiger charge is -2.20. The summed E-state index contributed by atoms with van der Waals surface area (Å²) in [6, 6.07) is 7.27. The van der Waals surface area contributed by atoms with E-state index in [-0.39, 0.29) is 11.6 Å². The molecule has 1 aromatic carbocycles. The molecule has 0 aromatic heterocycles. The van der Waals surface area contributed by atoms with Crippen LogP contribution in [-0.4, -0.2) is 11.6 Å². The molecule has 1 rings (SSSR count). The Bertz CT molecular complexity index is 352. The molecule has 0 aliphatic carbocycles. The lowest BCUT2D eigenvalue weighted by Crippen LogP contribution is -2.43. The third-order valence-electron chi connectivity index (χ3n) is 1.94. The zero-order chi connectivity index (χ0) is 12.2. The van der Waals surface area contributed by atoms with E-state index < -0.39 is 0 Å². The van der Waals surface area contributed by atoms with Gasteiger partial charge in [-0.05, 0) is 38.5 Å². The van der Waals surface area contributed by atoms with Crippen molar-refractivity contribution < 1.29 is 4.79 Å². The predicted octanol–water partition coefficient (Wildman–Crippen LogP) is 2.07. The standard InChI is InChI=1S/C12H19N3O/c1-12(2,3)15-11(16)14-10-6-4-9(8-13)5-7-10/h4-7H,8,13H2,1-3H3,(H2,14,15,16). The lowest BCUT2D eigenvalue weighted by molar-refractivity contribution is 0.244. The summed E-state index contributed by atoms with van der Waals surface area (Å²) >= 11 is 0. The summed E-state index contributed by atoms with van der Waals surface area (Å²) in [5, 5.41) is 5.58. The van der Waals surface area contributed by atoms with Crippen molar-refractivity contribution in [3.63, 3.8) is 0 Å². The second-order valence-electron chi connectivity index (χ2n) is 4.73. The van der Waals surface area contributed by atoms with Crippen molar-refractivity contribution in [3.05, 3.63) is 29.8 Å². The van der Waals surface area contributed by atoms with Gasteiger partial charge in [-0.3, -0.25) is 0 Å². The third kappa shape index (κ3) is 4.31. The van der Waals surface area contributed by atoms with Crippen molar-refractivity contribution in [2.45, 2.75) is 32.9 Å². The Morgan fingerprint density at radius 3 is 2.25 bits per heavy atom. The molecule has 16 heavy (non-hydrogen) atoms. The van der Waals surface area contributed by atoms with E-state index in [0.29, 0.717) is 6.54 Å². The van der Waals surface area contributed by atoms with Crippen molar-refractivity contribution in [1.29, 1.82) is 0 Å². The first-order valence-electron chi connectivity index (χ1n) is 5.29. The molecular weight excluding hydrogens is 202 g/mol. The first-order chi connectivity index (χ1) is 7.40. The molecule has 0 saturated carbocycles. The van der Waals surface area contributed by atoms with Crippen molar-refractivity contribution in [2.75, 3.05) is 5.32 Å². The minimum atomic E-state index is -0.235. The van der Waals surface area contributed by atoms with Gasteiger partial charge in [0.25, 0.3) is 0 Å². The fourth-order valence-electron chi connectivity index (χ4n) is 1.23. The number of urea groups is 1. The van der Waals surface area contributed by atoms with Crippen LogP contribution in [0.1, 0.15) is 26.3 Å². The number of amides is 2. The number of nitrogens with two attached hydrogens (primary N) is 1. The molecule has 0 fully saturated rings. The highest BCUT2D eigenvalue weighted by Crippen LogP contribution is 2.09. The highest BCUT2D eigenvalue weighted by molar-refractivity contribution is 5.89. The summed E-state index contributed by atoms with van der Waals surface area (Å²) in [7, 11) is 0. The number of anilines is 1. The van der Waals surface area contributed by atoms with Gasteiger partial charge in [0.2, 0.25) is 0 Å². The van der Waals surface area contributed by atoms with Crippen LogP contribution in [0.2, 0.25) is 0 Å². The van der Waals surface area contributed by atoms with Gasteiger partial charge in [-0.15, -0.1) is 0 Å². The Labute approximate surface area is 96.2 Å². The molecule has 1 aromatic rings. The van der Waals surface area contributed by atoms with Crippen LogP contribution in [-0.2, 0) is 6.54 Å². The van der Waals surface area contributed by atoms with Crippen LogP contribution in [0.25, 0.3) is 0 Å². The Morgan fingerprint density at radius 1 is 1.25 bits per heavy atom. The molecule has 0 unspecified atom stereocenters. The largest absolute Gasteiger partial charge is 0.333 e. The summed E-state index contributed by atoms with van der Waals surface area (Å²) < 4.78 is 0. The Balaban J connectivity index is 2.56. The highest BCUT2D eigenvalue weighted by Gasteiger charge is 2.13. The molecule has 0 atom stereocenters. The van der Waals surface area contributed by atoms with Crippen molar-refractivity contribution >= 4 is 11.7 Å². The second kappa shape index (κ2) is 4.99. The number of hydrogen-bond acceptors (Lipinski definition) is 2. The van der Waals surface area contributed by atoms with Crippen LogP contribution in [0.5, 0.6) is 0 Å². The van der Waals surface area contributed by atoms with Crippen LogP contribution in [0.4, 0.5) is 10.5 Å². The van der Waals surface area contributed by atoms with E-state index in [1.54, 1.807) is 0 Å². The van der Waals surface area contributed by atoms with Gasteiger partial charge >= 0.3 is 6.03 Å². The minimum Gasteiger partial charge on any atom is -0.333 e. The molecule has 88 valence electrons. The van der Waals surface area contributed by atoms with E-state index >= 15 is 0 Å². The van der Waals surface area contributed by atoms with Gasteiger partial charge in [0, 0.05) is 17.8 Å². The molecule has 0 spiro atoms. The normalized spacial score (nSPS) is 11.0. The summed E-state index contributed by atoms with van der Waals surface area (Å²) in [4.78, 5) is 11.5. The van der Waals surface area contributed by atoms with E-state index in [9.17, 15) is 4.79 Å². The zero-order valence-electron chi connectivity index (χ0n) is 10.0. The topological polar surface area (TPSA) is 67.2 Å². The van der Waals surface area contributed by atoms with E-state index in [4.69, 9.17) is 5.73 Å². The number of carbonyl (C=O) groups excluding carboxylic acids is 1. The molecule has 0 aliphatic rings. The molecule has 0 heterocycles. The van der Waals surface area contributed by atoms with Gasteiger partial charge < -0.3 is 16.4 Å². The smallest absolute Gasteiger partial charge is 0.319 e. The van der Waals surface area contributed by atoms with Gasteiger partial charge in [0.05, 0.1) is 0 Å². The van der Waals surface area contributed by atoms with E-state index in [2.05, 4.69) is 10.6 Å². The first kappa shape index (κ1) is 12.5. The van der Waals surface area contributed by atoms with E-state index in [1.165, 1.54) is 0 Å². The quantitative estimate of drug-likeness (QED) is 0.715. The molecule has 4 nitrogen and oxygen atoms in total. The Morgan fingerprint density at radius 2 is 1.81 bits per heavy atom. The second-order valence-corrected chi connectivity index (χ2v) is 4.73. The maximum atomic E-state index is 11.5. The molecule has 0 saturated heterocycles. The molecule has 0 radical (unpaired) electrons. The number of benzene rings is 1. The lowest BCUT2D eigenvalue weighted by atomic mass is 10.1. The average molecular weight is 221 g/mol. The van der Waals surface area contributed by atoms with Crippen LogP contribution < -0.4 is 16.4 Å².